The monoisotopic (exact) mass is 177 g/mol. The van der Waals surface area contributed by atoms with Gasteiger partial charge in [0.25, 0.3) is 11.0 Å². The molecule has 1 radical (unpaired) electrons. The average Bonchev–Trinajstić information content (AvgIpc) is 1.59. The van der Waals surface area contributed by atoms with Crippen LogP contribution in [0.15, 0.2) is 0 Å². The van der Waals surface area contributed by atoms with Gasteiger partial charge in [0.1, 0.15) is 6.61 Å². The van der Waals surface area contributed by atoms with E-state index in [4.69, 9.17) is 0 Å². The number of hydrogen-bond donors (Lipinski definition) is 1. The smallest absolute Gasteiger partial charge is 0.266 e. The van der Waals surface area contributed by atoms with E-state index < -0.39 is 23.6 Å². The Kier molecular flexibility index (Phi) is 3.66. The second-order valence-corrected chi connectivity index (χ2v) is 1.97. The van der Waals surface area contributed by atoms with Crippen LogP contribution in [0.25, 0.3) is 0 Å². The van der Waals surface area contributed by atoms with Gasteiger partial charge in [-0.15, -0.1) is 0 Å². The Morgan fingerprint density at radius 1 is 1.40 bits per heavy atom. The maximum atomic E-state index is 11.2. The lowest BCUT2D eigenvalue weighted by Gasteiger charge is -2.01. The summed E-state index contributed by atoms with van der Waals surface area (Å²) in [7, 11) is -3.21. The topological polar surface area (TPSA) is 43.4 Å². The standard InChI is InChI=1S/C3H4F3O3S/c4-3(5,6)1-2-9-10(7)8/h2,10H,1H2. The molecule has 0 aromatic rings. The molecule has 0 unspecified atom stereocenters. The van der Waals surface area contributed by atoms with Crippen molar-refractivity contribution in [3.63, 3.8) is 0 Å². The lowest BCUT2D eigenvalue weighted by molar-refractivity contribution is -0.132. The molecule has 3 nitrogen and oxygen atoms in total. The van der Waals surface area contributed by atoms with Gasteiger partial charge in [-0.25, -0.2) is 8.42 Å². The molecule has 0 saturated heterocycles. The van der Waals surface area contributed by atoms with E-state index in [1.807, 2.05) is 0 Å². The molecular weight excluding hydrogens is 173 g/mol. The first-order chi connectivity index (χ1) is 4.42. The minimum atomic E-state index is -4.41. The van der Waals surface area contributed by atoms with Crippen molar-refractivity contribution >= 4 is 11.0 Å². The molecule has 0 N–H and O–H groups in total. The number of rotatable bonds is 3. The van der Waals surface area contributed by atoms with E-state index in [0.717, 1.165) is 0 Å². The highest BCUT2D eigenvalue weighted by Gasteiger charge is 2.26. The van der Waals surface area contributed by atoms with Gasteiger partial charge >= 0.3 is 6.18 Å². The average molecular weight is 177 g/mol. The fourth-order valence-electron chi connectivity index (χ4n) is 0.193. The fourth-order valence-corrected chi connectivity index (χ4v) is 0.389. The maximum Gasteiger partial charge on any atom is 0.391 e. The highest BCUT2D eigenvalue weighted by atomic mass is 32.2. The van der Waals surface area contributed by atoms with Crippen molar-refractivity contribution in [2.75, 3.05) is 0 Å². The van der Waals surface area contributed by atoms with Crippen LogP contribution in [-0.2, 0) is 15.2 Å². The first kappa shape index (κ1) is 9.70. The van der Waals surface area contributed by atoms with Gasteiger partial charge in [0.05, 0.1) is 6.42 Å². The van der Waals surface area contributed by atoms with Crippen LogP contribution in [0.1, 0.15) is 6.42 Å². The molecule has 7 heteroatoms. The van der Waals surface area contributed by atoms with Crippen LogP contribution in [-0.4, -0.2) is 14.6 Å². The summed E-state index contributed by atoms with van der Waals surface area (Å²) >= 11 is 0. The van der Waals surface area contributed by atoms with Gasteiger partial charge in [-0.05, 0) is 0 Å². The van der Waals surface area contributed by atoms with E-state index in [1.54, 1.807) is 0 Å². The third-order valence-electron chi connectivity index (χ3n) is 0.475. The predicted molar refractivity (Wildman–Crippen MR) is 26.4 cm³/mol. The summed E-state index contributed by atoms with van der Waals surface area (Å²) in [6, 6.07) is 0. The van der Waals surface area contributed by atoms with Crippen molar-refractivity contribution < 1.29 is 25.8 Å². The largest absolute Gasteiger partial charge is 0.391 e. The van der Waals surface area contributed by atoms with E-state index in [2.05, 4.69) is 4.18 Å². The Hall–Kier alpha value is -0.300. The van der Waals surface area contributed by atoms with Crippen LogP contribution in [0.5, 0.6) is 0 Å². The van der Waals surface area contributed by atoms with Crippen molar-refractivity contribution in [1.29, 1.82) is 0 Å². The van der Waals surface area contributed by atoms with E-state index in [9.17, 15) is 21.6 Å². The van der Waals surface area contributed by atoms with Crippen molar-refractivity contribution in [3.05, 3.63) is 6.61 Å². The Balaban J connectivity index is 3.38. The predicted octanol–water partition coefficient (Wildman–Crippen LogP) is 0.644. The zero-order chi connectivity index (χ0) is 8.20. The third kappa shape index (κ3) is 7.70. The van der Waals surface area contributed by atoms with Crippen molar-refractivity contribution in [2.45, 2.75) is 12.6 Å². The molecule has 0 fully saturated rings. The second kappa shape index (κ2) is 3.77. The van der Waals surface area contributed by atoms with Crippen LogP contribution in [0.3, 0.4) is 0 Å². The van der Waals surface area contributed by atoms with Gasteiger partial charge in [0.2, 0.25) is 0 Å². The molecule has 0 amide bonds. The molecule has 10 heavy (non-hydrogen) atoms. The lowest BCUT2D eigenvalue weighted by Crippen LogP contribution is -2.07. The SMILES string of the molecule is O=[SH](=O)O[CH]CC(F)(F)F. The van der Waals surface area contributed by atoms with Crippen LogP contribution in [0.2, 0.25) is 0 Å². The van der Waals surface area contributed by atoms with Gasteiger partial charge in [-0.1, -0.05) is 0 Å². The minimum absolute atomic E-state index is 0.186. The van der Waals surface area contributed by atoms with Gasteiger partial charge in [0.15, 0.2) is 0 Å². The molecule has 0 atom stereocenters. The quantitative estimate of drug-likeness (QED) is 0.643. The molecule has 0 bridgehead atoms. The summed E-state index contributed by atoms with van der Waals surface area (Å²) in [5, 5.41) is 0. The van der Waals surface area contributed by atoms with Crippen molar-refractivity contribution in [1.82, 2.24) is 0 Å². The zero-order valence-electron chi connectivity index (χ0n) is 4.59. The number of halogens is 3. The summed E-state index contributed by atoms with van der Waals surface area (Å²) in [6.07, 6.45) is -5.78. The van der Waals surface area contributed by atoms with E-state index in [0.29, 0.717) is 0 Å². The van der Waals surface area contributed by atoms with E-state index in [-0.39, 0.29) is 6.61 Å². The summed E-state index contributed by atoms with van der Waals surface area (Å²) in [5.41, 5.74) is 0. The van der Waals surface area contributed by atoms with Crippen LogP contribution >= 0.6 is 0 Å². The molecule has 0 rings (SSSR count). The minimum Gasteiger partial charge on any atom is -0.266 e. The van der Waals surface area contributed by atoms with Crippen molar-refractivity contribution in [3.8, 4) is 0 Å². The fraction of sp³-hybridized carbons (Fsp3) is 0.667. The number of hydrogen-bond acceptors (Lipinski definition) is 3. The zero-order valence-corrected chi connectivity index (χ0v) is 5.48. The molecule has 0 aromatic heterocycles. The number of thiol groups is 1. The Bertz CT molecular complexity index is 153. The second-order valence-electron chi connectivity index (χ2n) is 1.31. The first-order valence-corrected chi connectivity index (χ1v) is 3.21. The van der Waals surface area contributed by atoms with Gasteiger partial charge in [-0.2, -0.15) is 13.2 Å². The molecule has 0 aromatic carbocycles. The molecule has 0 heterocycles. The van der Waals surface area contributed by atoms with Crippen molar-refractivity contribution in [2.24, 2.45) is 0 Å². The molecule has 0 saturated carbocycles. The Morgan fingerprint density at radius 2 is 1.90 bits per heavy atom. The summed E-state index contributed by atoms with van der Waals surface area (Å²) < 4.78 is 56.1. The normalized spacial score (nSPS) is 12.4. The highest BCUT2D eigenvalue weighted by molar-refractivity contribution is 7.67. The third-order valence-corrected chi connectivity index (χ3v) is 0.797. The molecule has 0 aliphatic rings. The van der Waals surface area contributed by atoms with Crippen LogP contribution < -0.4 is 0 Å². The maximum absolute atomic E-state index is 11.2. The molecule has 0 aliphatic heterocycles. The molecule has 0 spiro atoms. The molecule has 61 valence electrons. The Labute approximate surface area is 56.9 Å². The number of alkyl halides is 3. The van der Waals surface area contributed by atoms with E-state index >= 15 is 0 Å². The Morgan fingerprint density at radius 3 is 2.20 bits per heavy atom. The highest BCUT2D eigenvalue weighted by Crippen LogP contribution is 2.20. The lowest BCUT2D eigenvalue weighted by atomic mass is 10.5. The summed E-state index contributed by atoms with van der Waals surface area (Å²) in [4.78, 5) is 0. The molecular formula is C3H4F3O3S. The van der Waals surface area contributed by atoms with Crippen LogP contribution in [0, 0.1) is 6.61 Å². The van der Waals surface area contributed by atoms with E-state index in [1.165, 1.54) is 0 Å². The summed E-state index contributed by atoms with van der Waals surface area (Å²) in [5.74, 6) is 0. The van der Waals surface area contributed by atoms with Gasteiger partial charge in [0, 0.05) is 0 Å². The van der Waals surface area contributed by atoms with Crippen LogP contribution in [0.4, 0.5) is 13.2 Å². The van der Waals surface area contributed by atoms with Gasteiger partial charge in [-0.3, -0.25) is 4.18 Å². The first-order valence-electron chi connectivity index (χ1n) is 2.11. The molecule has 0 aliphatic carbocycles. The summed E-state index contributed by atoms with van der Waals surface area (Å²) in [6.45, 7) is 0.186. The van der Waals surface area contributed by atoms with Gasteiger partial charge < -0.3 is 0 Å².